The van der Waals surface area contributed by atoms with Gasteiger partial charge < -0.3 is 9.47 Å². The number of ketones is 1. The summed E-state index contributed by atoms with van der Waals surface area (Å²) in [5.74, 6) is 1.14. The third-order valence-electron chi connectivity index (χ3n) is 5.37. The van der Waals surface area contributed by atoms with Crippen LogP contribution in [0, 0.1) is 5.41 Å². The number of carbonyl (C=O) groups is 1. The van der Waals surface area contributed by atoms with E-state index in [0.717, 1.165) is 17.5 Å². The van der Waals surface area contributed by atoms with Crippen LogP contribution in [-0.4, -0.2) is 38.4 Å². The van der Waals surface area contributed by atoms with Crippen molar-refractivity contribution in [2.75, 3.05) is 13.2 Å². The third kappa shape index (κ3) is 5.85. The Morgan fingerprint density at radius 2 is 1.79 bits per heavy atom. The molecule has 0 saturated heterocycles. The first-order valence-electron chi connectivity index (χ1n) is 11.5. The number of fused-ring (bicyclic) bond motifs is 1. The molecule has 0 saturated carbocycles. The van der Waals surface area contributed by atoms with Crippen molar-refractivity contribution in [3.8, 4) is 11.6 Å². The predicted molar refractivity (Wildman–Crippen MR) is 134 cm³/mol. The highest BCUT2D eigenvalue weighted by atomic mass is 16.5. The summed E-state index contributed by atoms with van der Waals surface area (Å²) in [7, 11) is 0. The molecular formula is C26H39N5O3. The molecule has 3 aromatic rings. The summed E-state index contributed by atoms with van der Waals surface area (Å²) in [6.07, 6.45) is 0.886. The molecule has 1 N–H and O–H groups in total. The van der Waals surface area contributed by atoms with E-state index in [1.807, 2.05) is 32.0 Å². The Labute approximate surface area is 202 Å². The quantitative estimate of drug-likeness (QED) is 0.438. The fourth-order valence-corrected chi connectivity index (χ4v) is 3.49. The van der Waals surface area contributed by atoms with Gasteiger partial charge in [0.25, 0.3) is 0 Å². The topological polar surface area (TPSA) is 94.5 Å². The van der Waals surface area contributed by atoms with Crippen molar-refractivity contribution in [3.63, 3.8) is 0 Å². The summed E-state index contributed by atoms with van der Waals surface area (Å²) in [6, 6.07) is 7.53. The minimum atomic E-state index is -0.138. The van der Waals surface area contributed by atoms with Gasteiger partial charge in [0.1, 0.15) is 12.3 Å². The number of benzene rings is 1. The van der Waals surface area contributed by atoms with Gasteiger partial charge in [-0.3, -0.25) is 10.2 Å². The molecule has 3 rings (SSSR count). The number of carbonyl (C=O) groups excluding carboxylic acids is 1. The Morgan fingerprint density at radius 1 is 1.09 bits per heavy atom. The normalized spacial score (nSPS) is 11.5. The highest BCUT2D eigenvalue weighted by Gasteiger charge is 2.20. The molecule has 0 bridgehead atoms. The minimum absolute atomic E-state index is 0. The van der Waals surface area contributed by atoms with Gasteiger partial charge in [-0.25, -0.2) is 4.68 Å². The zero-order chi connectivity index (χ0) is 24.3. The van der Waals surface area contributed by atoms with Gasteiger partial charge in [-0.05, 0) is 48.4 Å². The number of aromatic nitrogens is 4. The lowest BCUT2D eigenvalue weighted by Crippen LogP contribution is -2.26. The van der Waals surface area contributed by atoms with E-state index < -0.39 is 0 Å². The van der Waals surface area contributed by atoms with Crippen LogP contribution < -0.4 is 15.1 Å². The van der Waals surface area contributed by atoms with Crippen molar-refractivity contribution in [2.45, 2.75) is 80.2 Å². The summed E-state index contributed by atoms with van der Waals surface area (Å²) >= 11 is 0. The summed E-state index contributed by atoms with van der Waals surface area (Å²) in [5.41, 5.74) is 2.93. The van der Waals surface area contributed by atoms with Gasteiger partial charge >= 0.3 is 0 Å². The van der Waals surface area contributed by atoms with Gasteiger partial charge in [0.2, 0.25) is 11.5 Å². The van der Waals surface area contributed by atoms with E-state index in [-0.39, 0.29) is 36.7 Å². The van der Waals surface area contributed by atoms with Gasteiger partial charge in [-0.1, -0.05) is 49.0 Å². The van der Waals surface area contributed by atoms with E-state index in [1.54, 1.807) is 6.07 Å². The van der Waals surface area contributed by atoms with E-state index >= 15 is 0 Å². The lowest BCUT2D eigenvalue weighted by Gasteiger charge is -2.21. The van der Waals surface area contributed by atoms with E-state index in [0.29, 0.717) is 36.1 Å². The van der Waals surface area contributed by atoms with Gasteiger partial charge in [0.15, 0.2) is 11.4 Å². The Hall–Kier alpha value is -3.16. The second kappa shape index (κ2) is 10.8. The van der Waals surface area contributed by atoms with E-state index in [1.165, 1.54) is 9.20 Å². The molecule has 0 spiro atoms. The smallest absolute Gasteiger partial charge is 0.242 e. The van der Waals surface area contributed by atoms with E-state index in [9.17, 15) is 4.79 Å². The Balaban J connectivity index is 0.00000408. The molecular weight excluding hydrogens is 430 g/mol. The molecule has 8 heteroatoms. The number of nitrogens with one attached hydrogen (secondary N) is 1. The largest absolute Gasteiger partial charge is 0.494 e. The van der Waals surface area contributed by atoms with Crippen LogP contribution in [0.2, 0.25) is 0 Å². The van der Waals surface area contributed by atoms with Gasteiger partial charge in [0.05, 0.1) is 13.2 Å². The Kier molecular flexibility index (Phi) is 8.64. The number of nitrogens with zero attached hydrogens (tertiary/aromatic N) is 4. The van der Waals surface area contributed by atoms with Crippen LogP contribution in [0.4, 0.5) is 0 Å². The molecule has 0 aliphatic carbocycles. The van der Waals surface area contributed by atoms with Gasteiger partial charge in [-0.2, -0.15) is 4.52 Å². The van der Waals surface area contributed by atoms with Crippen LogP contribution in [-0.2, 0) is 12.0 Å². The second-order valence-corrected chi connectivity index (χ2v) is 9.51. The van der Waals surface area contributed by atoms with Crippen LogP contribution in [0.15, 0.2) is 24.3 Å². The second-order valence-electron chi connectivity index (χ2n) is 9.51. The van der Waals surface area contributed by atoms with Crippen LogP contribution in [0.25, 0.3) is 5.65 Å². The molecule has 8 nitrogen and oxygen atoms in total. The first-order chi connectivity index (χ1) is 15.5. The number of hydrogen-bond donors (Lipinski definition) is 1. The molecule has 2 aromatic heterocycles. The van der Waals surface area contributed by atoms with Gasteiger partial charge in [0, 0.05) is 17.2 Å². The maximum Gasteiger partial charge on any atom is 0.242 e. The van der Waals surface area contributed by atoms with Crippen LogP contribution in [0.3, 0.4) is 0 Å². The standard InChI is InChI=1S/C25H35N5O3.CH4/c1-8-10-33-19-12-17(11-18(13-19)25(5,6)7)21(31)15-29-24(26)30-23(28-29)20(16(3)4)14-22(27-30)32-9-2;/h11-14,16,26H,8-10,15H2,1-7H3;1H4. The zero-order valence-electron chi connectivity index (χ0n) is 20.7. The molecule has 34 heavy (non-hydrogen) atoms. The molecule has 0 amide bonds. The predicted octanol–water partition coefficient (Wildman–Crippen LogP) is 5.14. The number of hydrogen-bond acceptors (Lipinski definition) is 6. The third-order valence-corrected chi connectivity index (χ3v) is 5.37. The van der Waals surface area contributed by atoms with E-state index in [2.05, 4.69) is 44.8 Å². The van der Waals surface area contributed by atoms with Crippen molar-refractivity contribution in [1.29, 1.82) is 5.41 Å². The molecule has 0 atom stereocenters. The fraction of sp³-hybridized carbons (Fsp3) is 0.538. The van der Waals surface area contributed by atoms with E-state index in [4.69, 9.17) is 14.9 Å². The number of rotatable bonds is 9. The molecule has 0 aliphatic rings. The number of Topliss-reactive ketones (excluding diaryl/α,β-unsaturated/α-hetero) is 1. The van der Waals surface area contributed by atoms with Crippen molar-refractivity contribution < 1.29 is 14.3 Å². The maximum atomic E-state index is 13.3. The van der Waals surface area contributed by atoms with Crippen molar-refractivity contribution in [2.24, 2.45) is 0 Å². The molecule has 1 aromatic carbocycles. The first kappa shape index (κ1) is 27.1. The van der Waals surface area contributed by atoms with Crippen molar-refractivity contribution >= 4 is 11.4 Å². The minimum Gasteiger partial charge on any atom is -0.494 e. The SMILES string of the molecule is C.CCCOc1cc(C(=O)Cn2nc3c(C(C)C)cc(OCC)nn3c2=N)cc(C(C)(C)C)c1. The van der Waals surface area contributed by atoms with Crippen LogP contribution in [0.5, 0.6) is 11.6 Å². The first-order valence-corrected chi connectivity index (χ1v) is 11.5. The fourth-order valence-electron chi connectivity index (χ4n) is 3.49. The summed E-state index contributed by atoms with van der Waals surface area (Å²) in [5, 5.41) is 17.5. The highest BCUT2D eigenvalue weighted by molar-refractivity contribution is 5.96. The van der Waals surface area contributed by atoms with Crippen molar-refractivity contribution in [3.05, 3.63) is 46.6 Å². The average Bonchev–Trinajstić information content (AvgIpc) is 3.06. The Bertz CT molecular complexity index is 1200. The molecule has 0 fully saturated rings. The average molecular weight is 470 g/mol. The highest BCUT2D eigenvalue weighted by Crippen LogP contribution is 2.28. The molecule has 186 valence electrons. The number of ether oxygens (including phenoxy) is 2. The maximum absolute atomic E-state index is 13.3. The van der Waals surface area contributed by atoms with Crippen molar-refractivity contribution in [1.82, 2.24) is 19.4 Å². The molecule has 2 heterocycles. The lowest BCUT2D eigenvalue weighted by atomic mass is 9.85. The lowest BCUT2D eigenvalue weighted by molar-refractivity contribution is 0.0965. The molecule has 0 unspecified atom stereocenters. The Morgan fingerprint density at radius 3 is 2.38 bits per heavy atom. The summed E-state index contributed by atoms with van der Waals surface area (Å²) in [6.45, 7) is 15.4. The zero-order valence-corrected chi connectivity index (χ0v) is 20.7. The van der Waals surface area contributed by atoms with Crippen LogP contribution in [0.1, 0.15) is 89.7 Å². The molecule has 0 aliphatic heterocycles. The summed E-state index contributed by atoms with van der Waals surface area (Å²) in [4.78, 5) is 13.3. The van der Waals surface area contributed by atoms with Gasteiger partial charge in [-0.15, -0.1) is 10.2 Å². The molecule has 0 radical (unpaired) electrons. The monoisotopic (exact) mass is 469 g/mol. The van der Waals surface area contributed by atoms with Crippen LogP contribution >= 0.6 is 0 Å². The summed E-state index contributed by atoms with van der Waals surface area (Å²) < 4.78 is 14.2.